The molecule has 0 aliphatic rings. The number of ether oxygens (including phenoxy) is 2. The third-order valence-electron chi connectivity index (χ3n) is 4.09. The zero-order chi connectivity index (χ0) is 22.2. The zero-order valence-electron chi connectivity index (χ0n) is 15.1. The summed E-state index contributed by atoms with van der Waals surface area (Å²) in [7, 11) is 0. The van der Waals surface area contributed by atoms with Crippen molar-refractivity contribution in [3.63, 3.8) is 0 Å². The van der Waals surface area contributed by atoms with Crippen molar-refractivity contribution in [2.45, 2.75) is 19.2 Å². The van der Waals surface area contributed by atoms with Crippen LogP contribution in [0.4, 0.5) is 17.6 Å². The van der Waals surface area contributed by atoms with Gasteiger partial charge >= 0.3 is 12.1 Å². The van der Waals surface area contributed by atoms with Gasteiger partial charge in [-0.3, -0.25) is 0 Å². The highest BCUT2D eigenvalue weighted by atomic mass is 35.5. The molecule has 0 bridgehead atoms. The minimum Gasteiger partial charge on any atom is -0.479 e. The summed E-state index contributed by atoms with van der Waals surface area (Å²) >= 11 is 11.6. The van der Waals surface area contributed by atoms with Crippen LogP contribution in [-0.4, -0.2) is 17.2 Å². The minimum atomic E-state index is -4.97. The third-order valence-corrected chi connectivity index (χ3v) is 4.70. The van der Waals surface area contributed by atoms with Gasteiger partial charge in [0.25, 0.3) is 0 Å². The second kappa shape index (κ2) is 8.20. The van der Waals surface area contributed by atoms with Gasteiger partial charge in [-0.2, -0.15) is 13.2 Å². The van der Waals surface area contributed by atoms with Crippen LogP contribution in [0.1, 0.15) is 12.5 Å². The Morgan fingerprint density at radius 1 is 1.03 bits per heavy atom. The van der Waals surface area contributed by atoms with E-state index in [0.717, 1.165) is 5.39 Å². The Morgan fingerprint density at radius 2 is 1.63 bits per heavy atom. The van der Waals surface area contributed by atoms with Gasteiger partial charge < -0.3 is 14.6 Å². The first kappa shape index (κ1) is 22.0. The molecule has 158 valence electrons. The molecule has 3 aromatic rings. The van der Waals surface area contributed by atoms with Crippen LogP contribution >= 0.6 is 23.2 Å². The van der Waals surface area contributed by atoms with Gasteiger partial charge in [-0.25, -0.2) is 9.18 Å². The van der Waals surface area contributed by atoms with Gasteiger partial charge in [0.2, 0.25) is 0 Å². The van der Waals surface area contributed by atoms with E-state index in [0.29, 0.717) is 11.5 Å². The molecule has 0 fully saturated rings. The Hall–Kier alpha value is -2.71. The van der Waals surface area contributed by atoms with Gasteiger partial charge in [-0.15, -0.1) is 0 Å². The van der Waals surface area contributed by atoms with Crippen LogP contribution in [0.5, 0.6) is 17.2 Å². The number of benzene rings is 3. The van der Waals surface area contributed by atoms with Crippen molar-refractivity contribution in [3.05, 3.63) is 63.9 Å². The van der Waals surface area contributed by atoms with Crippen LogP contribution in [0, 0.1) is 5.82 Å². The van der Waals surface area contributed by atoms with Crippen LogP contribution in [-0.2, 0) is 11.0 Å². The van der Waals surface area contributed by atoms with Gasteiger partial charge in [0.1, 0.15) is 16.5 Å². The lowest BCUT2D eigenvalue weighted by atomic mass is 10.1. The second-order valence-corrected chi connectivity index (χ2v) is 7.02. The van der Waals surface area contributed by atoms with Crippen LogP contribution in [0.25, 0.3) is 10.8 Å². The average Bonchev–Trinajstić information content (AvgIpc) is 2.66. The molecular formula is C20H12Cl2F4O4. The molecule has 4 nitrogen and oxygen atoms in total. The Labute approximate surface area is 177 Å². The lowest BCUT2D eigenvalue weighted by Crippen LogP contribution is -2.22. The lowest BCUT2D eigenvalue weighted by molar-refractivity contribution is -0.144. The monoisotopic (exact) mass is 462 g/mol. The first-order valence-electron chi connectivity index (χ1n) is 8.33. The van der Waals surface area contributed by atoms with Gasteiger partial charge in [0.05, 0.1) is 10.6 Å². The number of carboxylic acid groups (broad SMARTS) is 1. The largest absolute Gasteiger partial charge is 0.479 e. The molecule has 10 heteroatoms. The van der Waals surface area contributed by atoms with E-state index in [2.05, 4.69) is 0 Å². The molecular weight excluding hydrogens is 451 g/mol. The summed E-state index contributed by atoms with van der Waals surface area (Å²) < 4.78 is 63.4. The predicted octanol–water partition coefficient (Wildman–Crippen LogP) is 6.95. The van der Waals surface area contributed by atoms with E-state index in [1.54, 1.807) is 24.3 Å². The summed E-state index contributed by atoms with van der Waals surface area (Å²) in [4.78, 5) is 10.9. The number of fused-ring (bicyclic) bond motifs is 1. The molecule has 0 spiro atoms. The molecule has 3 aromatic carbocycles. The van der Waals surface area contributed by atoms with Crippen molar-refractivity contribution in [2.75, 3.05) is 0 Å². The maximum atomic E-state index is 14.1. The smallest absolute Gasteiger partial charge is 0.419 e. The lowest BCUT2D eigenvalue weighted by Gasteiger charge is -2.15. The van der Waals surface area contributed by atoms with Crippen molar-refractivity contribution in [3.8, 4) is 17.2 Å². The quantitative estimate of drug-likeness (QED) is 0.329. The van der Waals surface area contributed by atoms with E-state index in [1.807, 2.05) is 0 Å². The van der Waals surface area contributed by atoms with E-state index >= 15 is 0 Å². The fourth-order valence-corrected chi connectivity index (χ4v) is 3.12. The number of hydrogen-bond donors (Lipinski definition) is 1. The number of halogens is 6. The van der Waals surface area contributed by atoms with Gasteiger partial charge in [-0.1, -0.05) is 35.3 Å². The molecule has 3 rings (SSSR count). The highest BCUT2D eigenvalue weighted by molar-refractivity contribution is 6.37. The Bertz CT molecular complexity index is 1130. The molecule has 0 saturated heterocycles. The van der Waals surface area contributed by atoms with E-state index in [9.17, 15) is 22.4 Å². The second-order valence-electron chi connectivity index (χ2n) is 6.23. The topological polar surface area (TPSA) is 55.8 Å². The fourth-order valence-electron chi connectivity index (χ4n) is 2.59. The molecule has 0 amide bonds. The summed E-state index contributed by atoms with van der Waals surface area (Å²) in [6.07, 6.45) is -6.04. The fraction of sp³-hybridized carbons (Fsp3) is 0.150. The van der Waals surface area contributed by atoms with Crippen molar-refractivity contribution in [2.24, 2.45) is 0 Å². The molecule has 1 unspecified atom stereocenters. The number of hydrogen-bond acceptors (Lipinski definition) is 3. The molecule has 1 atom stereocenters. The van der Waals surface area contributed by atoms with Crippen molar-refractivity contribution in [1.29, 1.82) is 0 Å². The summed E-state index contributed by atoms with van der Waals surface area (Å²) in [6.45, 7) is 1.37. The Kier molecular flexibility index (Phi) is 6.01. The van der Waals surface area contributed by atoms with Crippen LogP contribution in [0.3, 0.4) is 0 Å². The molecule has 0 radical (unpaired) electrons. The highest BCUT2D eigenvalue weighted by Gasteiger charge is 2.37. The number of carboxylic acids is 1. The standard InChI is InChI=1S/C20H12Cl2F4O4/c1-9(19(27)28)29-12-4-2-10-3-5-13(7-11(10)6-12)30-18-15(21)8-14(20(24,25)26)17(23)16(18)22/h2-9H,1H3,(H,27,28). The van der Waals surface area contributed by atoms with Gasteiger partial charge in [-0.05, 0) is 48.0 Å². The normalized spacial score (nSPS) is 12.6. The Balaban J connectivity index is 1.96. The number of alkyl halides is 3. The third kappa shape index (κ3) is 4.55. The number of aliphatic carboxylic acids is 1. The molecule has 30 heavy (non-hydrogen) atoms. The first-order chi connectivity index (χ1) is 14.0. The molecule has 0 saturated carbocycles. The maximum Gasteiger partial charge on any atom is 0.419 e. The predicted molar refractivity (Wildman–Crippen MR) is 103 cm³/mol. The first-order valence-corrected chi connectivity index (χ1v) is 9.09. The number of rotatable bonds is 5. The van der Waals surface area contributed by atoms with Crippen molar-refractivity contribution >= 4 is 39.9 Å². The van der Waals surface area contributed by atoms with E-state index < -0.39 is 45.4 Å². The zero-order valence-corrected chi connectivity index (χ0v) is 16.6. The highest BCUT2D eigenvalue weighted by Crippen LogP contribution is 2.44. The summed E-state index contributed by atoms with van der Waals surface area (Å²) in [5.41, 5.74) is -1.60. The Morgan fingerprint density at radius 3 is 2.23 bits per heavy atom. The summed E-state index contributed by atoms with van der Waals surface area (Å²) in [6, 6.07) is 9.84. The maximum absolute atomic E-state index is 14.1. The van der Waals surface area contributed by atoms with Crippen molar-refractivity contribution < 1.29 is 36.9 Å². The summed E-state index contributed by atoms with van der Waals surface area (Å²) in [5.74, 6) is -2.89. The van der Waals surface area contributed by atoms with Gasteiger partial charge in [0.15, 0.2) is 17.7 Å². The molecule has 1 N–H and O–H groups in total. The summed E-state index contributed by atoms with van der Waals surface area (Å²) in [5, 5.41) is 8.84. The van der Waals surface area contributed by atoms with Crippen molar-refractivity contribution in [1.82, 2.24) is 0 Å². The van der Waals surface area contributed by atoms with E-state index in [4.69, 9.17) is 37.8 Å². The van der Waals surface area contributed by atoms with Crippen LogP contribution < -0.4 is 9.47 Å². The average molecular weight is 463 g/mol. The van der Waals surface area contributed by atoms with Crippen LogP contribution in [0.15, 0.2) is 42.5 Å². The molecule has 0 aromatic heterocycles. The minimum absolute atomic E-state index is 0.119. The molecule has 0 aliphatic heterocycles. The van der Waals surface area contributed by atoms with Gasteiger partial charge in [0, 0.05) is 0 Å². The van der Waals surface area contributed by atoms with E-state index in [-0.39, 0.29) is 11.5 Å². The van der Waals surface area contributed by atoms with E-state index in [1.165, 1.54) is 19.1 Å². The molecule has 0 aliphatic carbocycles. The van der Waals surface area contributed by atoms with Crippen LogP contribution in [0.2, 0.25) is 10.0 Å². The number of carbonyl (C=O) groups is 1. The molecule has 0 heterocycles. The SMILES string of the molecule is CC(Oc1ccc2ccc(Oc3c(Cl)cc(C(F)(F)F)c(F)c3Cl)cc2c1)C(=O)O.